The molecule has 0 aromatic rings. The maximum Gasteiger partial charge on any atom is 0.334 e. The molecule has 1 heterocycles. The van der Waals surface area contributed by atoms with Crippen molar-refractivity contribution in [2.45, 2.75) is 71.6 Å². The Labute approximate surface area is 136 Å². The third-order valence-electron chi connectivity index (χ3n) is 3.62. The molecule has 1 amide bonds. The number of nitrogens with zero attached hydrogens (tertiary/aromatic N) is 1. The molecule has 2 unspecified atom stereocenters. The van der Waals surface area contributed by atoms with Crippen molar-refractivity contribution in [3.05, 3.63) is 0 Å². The fourth-order valence-corrected chi connectivity index (χ4v) is 3.78. The molecule has 1 rings (SSSR count). The third kappa shape index (κ3) is 3.47. The largest absolute Gasteiger partial charge is 0.479 e. The molecule has 0 aromatic carbocycles. The Morgan fingerprint density at radius 2 is 1.64 bits per heavy atom. The summed E-state index contributed by atoms with van der Waals surface area (Å²) in [5.74, 6) is -1.98. The zero-order valence-corrected chi connectivity index (χ0v) is 15.5. The number of β-lactam (4-membered cyclic amide) rings is 1. The van der Waals surface area contributed by atoms with Crippen LogP contribution >= 0.6 is 11.8 Å². The van der Waals surface area contributed by atoms with E-state index < -0.39 is 28.6 Å². The van der Waals surface area contributed by atoms with Gasteiger partial charge in [0.15, 0.2) is 11.8 Å². The first-order valence-electron chi connectivity index (χ1n) is 7.38. The van der Waals surface area contributed by atoms with Crippen LogP contribution in [0.25, 0.3) is 0 Å². The van der Waals surface area contributed by atoms with Crippen LogP contribution in [0, 0.1) is 10.8 Å². The van der Waals surface area contributed by atoms with Crippen LogP contribution in [-0.4, -0.2) is 43.8 Å². The van der Waals surface area contributed by atoms with Gasteiger partial charge in [-0.15, -0.1) is 11.8 Å². The number of thioether (sulfide) groups is 1. The summed E-state index contributed by atoms with van der Waals surface area (Å²) in [6, 6.07) is -1.42. The number of carboxylic acid groups (broad SMARTS) is 1. The number of rotatable bonds is 4. The number of aliphatic carboxylic acids is 1. The van der Waals surface area contributed by atoms with Gasteiger partial charge < -0.3 is 10.0 Å². The highest BCUT2D eigenvalue weighted by Crippen LogP contribution is 2.50. The highest BCUT2D eigenvalue weighted by Gasteiger charge is 2.61. The third-order valence-corrected chi connectivity index (χ3v) is 5.37. The Bertz CT molecular complexity index is 499. The predicted molar refractivity (Wildman–Crippen MR) is 87.6 cm³/mol. The molecule has 5 nitrogen and oxygen atoms in total. The van der Waals surface area contributed by atoms with Gasteiger partial charge in [0.1, 0.15) is 0 Å². The smallest absolute Gasteiger partial charge is 0.334 e. The SMILES string of the molecule is CC(C)(C)SC1N(C(C(=O)O)C(=O)C(C)(C)C)C(=O)C1(C)C. The minimum atomic E-state index is -1.42. The van der Waals surface area contributed by atoms with Crippen molar-refractivity contribution < 1.29 is 19.5 Å². The monoisotopic (exact) mass is 329 g/mol. The molecule has 2 atom stereocenters. The maximum absolute atomic E-state index is 12.5. The number of carboxylic acids is 1. The number of amides is 1. The van der Waals surface area contributed by atoms with Gasteiger partial charge in [-0.2, -0.15) is 0 Å². The summed E-state index contributed by atoms with van der Waals surface area (Å²) in [5.41, 5.74) is -1.48. The van der Waals surface area contributed by atoms with E-state index in [0.29, 0.717) is 0 Å². The number of likely N-dealkylation sites (tertiary alicyclic amines) is 1. The summed E-state index contributed by atoms with van der Waals surface area (Å²) >= 11 is 1.53. The van der Waals surface area contributed by atoms with E-state index in [4.69, 9.17) is 0 Å². The summed E-state index contributed by atoms with van der Waals surface area (Å²) in [5, 5.41) is 9.20. The van der Waals surface area contributed by atoms with E-state index in [2.05, 4.69) is 0 Å². The van der Waals surface area contributed by atoms with Crippen LogP contribution < -0.4 is 0 Å². The van der Waals surface area contributed by atoms with Gasteiger partial charge in [-0.3, -0.25) is 9.59 Å². The molecule has 126 valence electrons. The molecule has 0 radical (unpaired) electrons. The summed E-state index contributed by atoms with van der Waals surface area (Å²) in [6.07, 6.45) is 0. The molecular formula is C16H27NO4S. The Kier molecular flexibility index (Phi) is 4.79. The zero-order valence-electron chi connectivity index (χ0n) is 14.7. The first kappa shape index (κ1) is 19.0. The molecule has 0 aromatic heterocycles. The predicted octanol–water partition coefficient (Wildman–Crippen LogP) is 2.78. The summed E-state index contributed by atoms with van der Waals surface area (Å²) in [6.45, 7) is 14.7. The lowest BCUT2D eigenvalue weighted by atomic mass is 9.78. The van der Waals surface area contributed by atoms with Crippen molar-refractivity contribution in [2.24, 2.45) is 10.8 Å². The van der Waals surface area contributed by atoms with Crippen LogP contribution in [0.5, 0.6) is 0 Å². The van der Waals surface area contributed by atoms with E-state index in [1.54, 1.807) is 34.6 Å². The van der Waals surface area contributed by atoms with Crippen LogP contribution in [-0.2, 0) is 14.4 Å². The van der Waals surface area contributed by atoms with Crippen molar-refractivity contribution in [3.63, 3.8) is 0 Å². The van der Waals surface area contributed by atoms with Gasteiger partial charge in [-0.1, -0.05) is 41.5 Å². The molecule has 0 aliphatic carbocycles. The Morgan fingerprint density at radius 1 is 1.18 bits per heavy atom. The zero-order chi connectivity index (χ0) is 17.7. The molecule has 1 N–H and O–H groups in total. The lowest BCUT2D eigenvalue weighted by Gasteiger charge is -2.56. The van der Waals surface area contributed by atoms with Crippen LogP contribution in [0.1, 0.15) is 55.4 Å². The number of hydrogen-bond donors (Lipinski definition) is 1. The van der Waals surface area contributed by atoms with E-state index in [1.165, 1.54) is 16.7 Å². The lowest BCUT2D eigenvalue weighted by Crippen LogP contribution is -2.72. The van der Waals surface area contributed by atoms with Crippen LogP contribution in [0.4, 0.5) is 0 Å². The molecule has 1 saturated heterocycles. The lowest BCUT2D eigenvalue weighted by molar-refractivity contribution is -0.176. The van der Waals surface area contributed by atoms with Crippen LogP contribution in [0.3, 0.4) is 0 Å². The van der Waals surface area contributed by atoms with Gasteiger partial charge >= 0.3 is 5.97 Å². The highest BCUT2D eigenvalue weighted by molar-refractivity contribution is 8.01. The molecule has 1 aliphatic rings. The molecule has 1 aliphatic heterocycles. The summed E-state index contributed by atoms with van der Waals surface area (Å²) < 4.78 is -0.144. The molecule has 1 fully saturated rings. The van der Waals surface area contributed by atoms with E-state index in [0.717, 1.165) is 0 Å². The molecule has 6 heteroatoms. The average Bonchev–Trinajstić information content (AvgIpc) is 2.29. The van der Waals surface area contributed by atoms with Crippen molar-refractivity contribution in [2.75, 3.05) is 0 Å². The minimum absolute atomic E-state index is 0.144. The van der Waals surface area contributed by atoms with E-state index in [-0.39, 0.29) is 16.0 Å². The number of Topliss-reactive ketones (excluding diaryl/α,β-unsaturated/α-hetero) is 1. The van der Waals surface area contributed by atoms with E-state index in [9.17, 15) is 19.5 Å². The second-order valence-corrected chi connectivity index (χ2v) is 10.3. The van der Waals surface area contributed by atoms with Gasteiger partial charge in [-0.05, 0) is 13.8 Å². The Balaban J connectivity index is 3.21. The first-order chi connectivity index (χ1) is 9.60. The van der Waals surface area contributed by atoms with Gasteiger partial charge in [0, 0.05) is 10.2 Å². The number of carbonyl (C=O) groups excluding carboxylic acids is 2. The van der Waals surface area contributed by atoms with Gasteiger partial charge in [0.25, 0.3) is 0 Å². The first-order valence-corrected chi connectivity index (χ1v) is 8.26. The fraction of sp³-hybridized carbons (Fsp3) is 0.812. The van der Waals surface area contributed by atoms with E-state index in [1.807, 2.05) is 20.8 Å². The van der Waals surface area contributed by atoms with Gasteiger partial charge in [0.2, 0.25) is 5.91 Å². The van der Waals surface area contributed by atoms with Gasteiger partial charge in [0.05, 0.1) is 10.8 Å². The Hall–Kier alpha value is -1.04. The number of ketones is 1. The summed E-state index contributed by atoms with van der Waals surface area (Å²) in [4.78, 5) is 37.9. The van der Waals surface area contributed by atoms with Crippen LogP contribution in [0.15, 0.2) is 0 Å². The molecule has 22 heavy (non-hydrogen) atoms. The van der Waals surface area contributed by atoms with Crippen molar-refractivity contribution in [1.29, 1.82) is 0 Å². The standard InChI is InChI=1S/C16H27NO4S/c1-14(2,3)10(18)9(11(19)20)17-12(21)16(7,8)13(17)22-15(4,5)6/h9,13H,1-8H3,(H,19,20). The minimum Gasteiger partial charge on any atom is -0.479 e. The second-order valence-electron chi connectivity index (χ2n) is 8.37. The second kappa shape index (κ2) is 5.55. The topological polar surface area (TPSA) is 74.7 Å². The van der Waals surface area contributed by atoms with Crippen molar-refractivity contribution in [1.82, 2.24) is 4.90 Å². The van der Waals surface area contributed by atoms with Gasteiger partial charge in [-0.25, -0.2) is 4.79 Å². The highest BCUT2D eigenvalue weighted by atomic mass is 32.2. The Morgan fingerprint density at radius 3 is 1.95 bits per heavy atom. The molecular weight excluding hydrogens is 302 g/mol. The quantitative estimate of drug-likeness (QED) is 0.634. The average molecular weight is 329 g/mol. The molecule has 0 spiro atoms. The number of hydrogen-bond acceptors (Lipinski definition) is 4. The fourth-order valence-electron chi connectivity index (χ4n) is 2.39. The maximum atomic E-state index is 12.5. The molecule has 0 bridgehead atoms. The van der Waals surface area contributed by atoms with Crippen LogP contribution in [0.2, 0.25) is 0 Å². The van der Waals surface area contributed by atoms with Crippen molar-refractivity contribution >= 4 is 29.4 Å². The molecule has 0 saturated carbocycles. The van der Waals surface area contributed by atoms with E-state index >= 15 is 0 Å². The van der Waals surface area contributed by atoms with Crippen molar-refractivity contribution in [3.8, 4) is 0 Å². The summed E-state index contributed by atoms with van der Waals surface area (Å²) in [7, 11) is 0. The normalized spacial score (nSPS) is 23.0. The number of carbonyl (C=O) groups is 3.